The average molecular weight is 288 g/mol. The van der Waals surface area contributed by atoms with E-state index in [1.165, 1.54) is 6.07 Å². The van der Waals surface area contributed by atoms with Crippen molar-refractivity contribution in [3.63, 3.8) is 0 Å². The van der Waals surface area contributed by atoms with Gasteiger partial charge in [0.2, 0.25) is 0 Å². The molecule has 1 heterocycles. The Labute approximate surface area is 118 Å². The lowest BCUT2D eigenvalue weighted by Crippen LogP contribution is -1.98. The van der Waals surface area contributed by atoms with Crippen molar-refractivity contribution in [2.75, 3.05) is 0 Å². The topological polar surface area (TPSA) is 66.0 Å². The van der Waals surface area contributed by atoms with Crippen molar-refractivity contribution < 1.29 is 18.7 Å². The fourth-order valence-electron chi connectivity index (χ4n) is 2.19. The molecule has 0 amide bonds. The third-order valence-corrected chi connectivity index (χ3v) is 3.16. The lowest BCUT2D eigenvalue weighted by molar-refractivity contribution is 0.0698. The van der Waals surface area contributed by atoms with E-state index in [1.807, 2.05) is 0 Å². The predicted octanol–water partition coefficient (Wildman–Crippen LogP) is 3.51. The van der Waals surface area contributed by atoms with Gasteiger partial charge < -0.3 is 10.1 Å². The number of fused-ring (bicyclic) bond motifs is 1. The Balaban J connectivity index is 2.28. The molecule has 0 saturated carbocycles. The lowest BCUT2D eigenvalue weighted by Gasteiger charge is -2.00. The van der Waals surface area contributed by atoms with E-state index in [0.717, 1.165) is 17.7 Å². The van der Waals surface area contributed by atoms with Gasteiger partial charge in [0.1, 0.15) is 23.0 Å². The van der Waals surface area contributed by atoms with Crippen molar-refractivity contribution in [2.45, 2.75) is 6.92 Å². The van der Waals surface area contributed by atoms with Crippen LogP contribution in [0.4, 0.5) is 8.78 Å². The third-order valence-electron chi connectivity index (χ3n) is 3.16. The molecule has 106 valence electrons. The van der Waals surface area contributed by atoms with E-state index in [9.17, 15) is 13.6 Å². The van der Waals surface area contributed by atoms with Crippen LogP contribution in [0, 0.1) is 18.6 Å². The molecule has 4 nitrogen and oxygen atoms in total. The van der Waals surface area contributed by atoms with E-state index in [1.54, 1.807) is 19.1 Å². The van der Waals surface area contributed by atoms with Gasteiger partial charge in [-0.2, -0.15) is 0 Å². The monoisotopic (exact) mass is 288 g/mol. The summed E-state index contributed by atoms with van der Waals surface area (Å²) in [5.41, 5.74) is 1.09. The Morgan fingerprint density at radius 1 is 1.24 bits per heavy atom. The SMILES string of the molecule is Cc1ccc(F)c(-c2nc3c(C(=O)O)cc(F)cc3[nH]2)c1. The second-order valence-electron chi connectivity index (χ2n) is 4.72. The van der Waals surface area contributed by atoms with Crippen LogP contribution in [0.15, 0.2) is 30.3 Å². The van der Waals surface area contributed by atoms with Crippen LogP contribution in [0.3, 0.4) is 0 Å². The van der Waals surface area contributed by atoms with Gasteiger partial charge in [0, 0.05) is 0 Å². The summed E-state index contributed by atoms with van der Waals surface area (Å²) in [6.45, 7) is 1.80. The summed E-state index contributed by atoms with van der Waals surface area (Å²) in [5, 5.41) is 9.09. The molecule has 3 rings (SSSR count). The van der Waals surface area contributed by atoms with Crippen LogP contribution < -0.4 is 0 Å². The standard InChI is InChI=1S/C15H10F2N2O2/c1-7-2-3-11(17)9(4-7)14-18-12-6-8(16)5-10(15(20)21)13(12)19-14/h2-6H,1H3,(H,18,19)(H,20,21). The van der Waals surface area contributed by atoms with Gasteiger partial charge in [-0.25, -0.2) is 18.6 Å². The van der Waals surface area contributed by atoms with Gasteiger partial charge in [-0.3, -0.25) is 0 Å². The van der Waals surface area contributed by atoms with E-state index in [4.69, 9.17) is 5.11 Å². The fraction of sp³-hybridized carbons (Fsp3) is 0.0667. The molecule has 0 aliphatic heterocycles. The normalized spacial score (nSPS) is 11.0. The van der Waals surface area contributed by atoms with E-state index >= 15 is 0 Å². The zero-order chi connectivity index (χ0) is 15.1. The second-order valence-corrected chi connectivity index (χ2v) is 4.72. The van der Waals surface area contributed by atoms with Crippen LogP contribution >= 0.6 is 0 Å². The molecule has 0 radical (unpaired) electrons. The van der Waals surface area contributed by atoms with Crippen molar-refractivity contribution in [1.82, 2.24) is 9.97 Å². The van der Waals surface area contributed by atoms with Crippen molar-refractivity contribution in [2.24, 2.45) is 0 Å². The largest absolute Gasteiger partial charge is 0.478 e. The minimum absolute atomic E-state index is 0.0970. The fourth-order valence-corrected chi connectivity index (χ4v) is 2.19. The summed E-state index contributed by atoms with van der Waals surface area (Å²) in [5.74, 6) is -2.31. The molecule has 3 aromatic rings. The molecule has 0 aliphatic carbocycles. The smallest absolute Gasteiger partial charge is 0.338 e. The molecule has 0 fully saturated rings. The molecule has 2 aromatic carbocycles. The van der Waals surface area contributed by atoms with Crippen molar-refractivity contribution in [3.05, 3.63) is 53.1 Å². The first-order valence-electron chi connectivity index (χ1n) is 6.15. The highest BCUT2D eigenvalue weighted by Crippen LogP contribution is 2.26. The van der Waals surface area contributed by atoms with Crippen LogP contribution in [0.1, 0.15) is 15.9 Å². The van der Waals surface area contributed by atoms with E-state index in [-0.39, 0.29) is 28.0 Å². The number of carboxylic acid groups (broad SMARTS) is 1. The van der Waals surface area contributed by atoms with Crippen LogP contribution in [0.2, 0.25) is 0 Å². The van der Waals surface area contributed by atoms with Crippen LogP contribution in [-0.2, 0) is 0 Å². The van der Waals surface area contributed by atoms with Gasteiger partial charge in [-0.1, -0.05) is 11.6 Å². The first kappa shape index (κ1) is 13.2. The number of aryl methyl sites for hydroxylation is 1. The van der Waals surface area contributed by atoms with Crippen molar-refractivity contribution >= 4 is 17.0 Å². The number of benzene rings is 2. The number of nitrogens with zero attached hydrogens (tertiary/aromatic N) is 1. The number of hydrogen-bond acceptors (Lipinski definition) is 2. The number of H-pyrrole nitrogens is 1. The highest BCUT2D eigenvalue weighted by molar-refractivity contribution is 6.01. The molecule has 6 heteroatoms. The van der Waals surface area contributed by atoms with Gasteiger partial charge in [-0.15, -0.1) is 0 Å². The number of halogens is 2. The summed E-state index contributed by atoms with van der Waals surface area (Å²) in [6.07, 6.45) is 0. The number of hydrogen-bond donors (Lipinski definition) is 2. The van der Waals surface area contributed by atoms with E-state index in [0.29, 0.717) is 0 Å². The highest BCUT2D eigenvalue weighted by Gasteiger charge is 2.17. The summed E-state index contributed by atoms with van der Waals surface area (Å²) in [4.78, 5) is 18.0. The molecule has 0 atom stereocenters. The predicted molar refractivity (Wildman–Crippen MR) is 73.1 cm³/mol. The molecular formula is C15H10F2N2O2. The molecule has 21 heavy (non-hydrogen) atoms. The summed E-state index contributed by atoms with van der Waals surface area (Å²) < 4.78 is 27.3. The number of carboxylic acids is 1. The number of imidazole rings is 1. The number of carbonyl (C=O) groups is 1. The Hall–Kier alpha value is -2.76. The van der Waals surface area contributed by atoms with Crippen LogP contribution in [0.5, 0.6) is 0 Å². The number of aromatic amines is 1. The molecule has 2 N–H and O–H groups in total. The van der Waals surface area contributed by atoms with Gasteiger partial charge in [-0.05, 0) is 31.2 Å². The maximum absolute atomic E-state index is 13.9. The molecular weight excluding hydrogens is 278 g/mol. The zero-order valence-corrected chi connectivity index (χ0v) is 10.9. The molecule has 0 bridgehead atoms. The summed E-state index contributed by atoms with van der Waals surface area (Å²) in [7, 11) is 0. The van der Waals surface area contributed by atoms with Gasteiger partial charge in [0.15, 0.2) is 0 Å². The van der Waals surface area contributed by atoms with Crippen molar-refractivity contribution in [1.29, 1.82) is 0 Å². The van der Waals surface area contributed by atoms with Crippen LogP contribution in [-0.4, -0.2) is 21.0 Å². The average Bonchev–Trinajstić information content (AvgIpc) is 2.83. The Kier molecular flexibility index (Phi) is 2.94. The van der Waals surface area contributed by atoms with Gasteiger partial charge >= 0.3 is 5.97 Å². The zero-order valence-electron chi connectivity index (χ0n) is 10.9. The summed E-state index contributed by atoms with van der Waals surface area (Å²) in [6, 6.07) is 6.53. The molecule has 0 saturated heterocycles. The number of aromatic nitrogens is 2. The van der Waals surface area contributed by atoms with Gasteiger partial charge in [0.05, 0.1) is 16.6 Å². The summed E-state index contributed by atoms with van der Waals surface area (Å²) >= 11 is 0. The minimum Gasteiger partial charge on any atom is -0.478 e. The maximum atomic E-state index is 13.9. The number of nitrogens with one attached hydrogen (secondary N) is 1. The second kappa shape index (κ2) is 4.66. The number of aromatic carboxylic acids is 1. The Morgan fingerprint density at radius 3 is 2.71 bits per heavy atom. The molecule has 0 spiro atoms. The molecule has 0 unspecified atom stereocenters. The lowest BCUT2D eigenvalue weighted by atomic mass is 10.1. The van der Waals surface area contributed by atoms with Crippen molar-refractivity contribution in [3.8, 4) is 11.4 Å². The van der Waals surface area contributed by atoms with Crippen LogP contribution in [0.25, 0.3) is 22.4 Å². The van der Waals surface area contributed by atoms with E-state index in [2.05, 4.69) is 9.97 Å². The first-order valence-corrected chi connectivity index (χ1v) is 6.15. The third kappa shape index (κ3) is 2.24. The molecule has 0 aliphatic rings. The molecule has 1 aromatic heterocycles. The Bertz CT molecular complexity index is 871. The highest BCUT2D eigenvalue weighted by atomic mass is 19.1. The minimum atomic E-state index is -1.29. The first-order chi connectivity index (χ1) is 9.95. The number of rotatable bonds is 2. The van der Waals surface area contributed by atoms with E-state index < -0.39 is 17.6 Å². The maximum Gasteiger partial charge on any atom is 0.338 e. The van der Waals surface area contributed by atoms with Gasteiger partial charge in [0.25, 0.3) is 0 Å². The quantitative estimate of drug-likeness (QED) is 0.758. The Morgan fingerprint density at radius 2 is 2.00 bits per heavy atom.